The van der Waals surface area contributed by atoms with E-state index >= 15 is 0 Å². The molecule has 0 bridgehead atoms. The van der Waals surface area contributed by atoms with Crippen LogP contribution in [0.4, 0.5) is 0 Å². The quantitative estimate of drug-likeness (QED) is 0.786. The molecule has 150 valence electrons. The highest BCUT2D eigenvalue weighted by Gasteiger charge is 2.28. The predicted molar refractivity (Wildman–Crippen MR) is 109 cm³/mol. The van der Waals surface area contributed by atoms with Gasteiger partial charge in [0, 0.05) is 38.2 Å². The molecular weight excluding hydrogens is 350 g/mol. The van der Waals surface area contributed by atoms with Crippen LogP contribution in [0.15, 0.2) is 40.9 Å². The van der Waals surface area contributed by atoms with Crippen LogP contribution in [0.25, 0.3) is 0 Å². The number of carbonyl (C=O) groups is 1. The second-order valence-corrected chi connectivity index (χ2v) is 8.47. The van der Waals surface area contributed by atoms with Crippen molar-refractivity contribution in [2.75, 3.05) is 32.7 Å². The molecule has 0 spiro atoms. The van der Waals surface area contributed by atoms with Gasteiger partial charge in [-0.05, 0) is 50.1 Å². The van der Waals surface area contributed by atoms with E-state index in [0.717, 1.165) is 64.1 Å². The topological polar surface area (TPSA) is 49.6 Å². The van der Waals surface area contributed by atoms with Crippen molar-refractivity contribution < 1.29 is 9.32 Å². The number of piperidine rings is 2. The molecule has 2 aliphatic heterocycles. The summed E-state index contributed by atoms with van der Waals surface area (Å²) in [7, 11) is 0. The van der Waals surface area contributed by atoms with E-state index in [2.05, 4.69) is 47.3 Å². The van der Waals surface area contributed by atoms with Crippen molar-refractivity contribution in [1.82, 2.24) is 15.0 Å². The van der Waals surface area contributed by atoms with Gasteiger partial charge in [0.25, 0.3) is 5.91 Å². The summed E-state index contributed by atoms with van der Waals surface area (Å²) in [5.41, 5.74) is 2.33. The van der Waals surface area contributed by atoms with E-state index < -0.39 is 0 Å². The van der Waals surface area contributed by atoms with Gasteiger partial charge in [-0.1, -0.05) is 42.4 Å². The smallest absolute Gasteiger partial charge is 0.292 e. The molecule has 3 heterocycles. The second kappa shape index (κ2) is 8.91. The molecule has 2 aliphatic rings. The number of rotatable bonds is 5. The summed E-state index contributed by atoms with van der Waals surface area (Å²) in [4.78, 5) is 17.1. The van der Waals surface area contributed by atoms with E-state index in [0.29, 0.717) is 17.6 Å². The van der Waals surface area contributed by atoms with Crippen LogP contribution in [0.1, 0.15) is 60.3 Å². The minimum atomic E-state index is 0.00222. The first-order valence-corrected chi connectivity index (χ1v) is 10.7. The molecule has 0 radical (unpaired) electrons. The number of benzene rings is 1. The van der Waals surface area contributed by atoms with Crippen LogP contribution in [-0.4, -0.2) is 53.6 Å². The molecule has 0 saturated carbocycles. The Morgan fingerprint density at radius 3 is 2.71 bits per heavy atom. The first kappa shape index (κ1) is 19.2. The van der Waals surface area contributed by atoms with Gasteiger partial charge >= 0.3 is 0 Å². The van der Waals surface area contributed by atoms with Crippen molar-refractivity contribution in [3.63, 3.8) is 0 Å². The van der Waals surface area contributed by atoms with Gasteiger partial charge in [-0.3, -0.25) is 4.79 Å². The Kier molecular flexibility index (Phi) is 6.10. The second-order valence-electron chi connectivity index (χ2n) is 8.47. The van der Waals surface area contributed by atoms with Gasteiger partial charge in [0.2, 0.25) is 5.76 Å². The zero-order valence-electron chi connectivity index (χ0n) is 16.8. The molecule has 0 aliphatic carbocycles. The third-order valence-electron chi connectivity index (χ3n) is 6.29. The Morgan fingerprint density at radius 2 is 1.93 bits per heavy atom. The third-order valence-corrected chi connectivity index (χ3v) is 6.29. The van der Waals surface area contributed by atoms with Crippen LogP contribution in [0.2, 0.25) is 0 Å². The van der Waals surface area contributed by atoms with Crippen LogP contribution < -0.4 is 0 Å². The van der Waals surface area contributed by atoms with Gasteiger partial charge in [0.05, 0.1) is 5.69 Å². The van der Waals surface area contributed by atoms with Gasteiger partial charge in [0.15, 0.2) is 0 Å². The maximum atomic E-state index is 12.7. The van der Waals surface area contributed by atoms with E-state index in [-0.39, 0.29) is 5.91 Å². The van der Waals surface area contributed by atoms with E-state index in [4.69, 9.17) is 4.52 Å². The fraction of sp³-hybridized carbons (Fsp3) is 0.565. The van der Waals surface area contributed by atoms with Crippen molar-refractivity contribution in [2.45, 2.75) is 44.9 Å². The molecule has 1 atom stereocenters. The Hall–Kier alpha value is -2.14. The van der Waals surface area contributed by atoms with E-state index in [9.17, 15) is 4.79 Å². The largest absolute Gasteiger partial charge is 0.351 e. The average molecular weight is 382 g/mol. The zero-order chi connectivity index (χ0) is 19.3. The van der Waals surface area contributed by atoms with Crippen molar-refractivity contribution in [3.8, 4) is 0 Å². The lowest BCUT2D eigenvalue weighted by atomic mass is 9.94. The fourth-order valence-corrected chi connectivity index (χ4v) is 4.38. The molecule has 1 aromatic heterocycles. The number of nitrogens with zero attached hydrogens (tertiary/aromatic N) is 3. The SMILES string of the molecule is CC1CCN(C(=O)c2cc(C3CCCN(CCc4ccccc4)C3)no2)CC1. The van der Waals surface area contributed by atoms with Gasteiger partial charge in [0.1, 0.15) is 0 Å². The molecule has 2 aromatic rings. The molecule has 4 rings (SSSR count). The maximum absolute atomic E-state index is 12.7. The molecule has 5 nitrogen and oxygen atoms in total. The highest BCUT2D eigenvalue weighted by Crippen LogP contribution is 2.27. The molecule has 2 fully saturated rings. The Balaban J connectivity index is 1.33. The molecule has 1 aromatic carbocycles. The number of aromatic nitrogens is 1. The molecule has 1 unspecified atom stereocenters. The van der Waals surface area contributed by atoms with Crippen LogP contribution in [-0.2, 0) is 6.42 Å². The normalized spacial score (nSPS) is 21.8. The van der Waals surface area contributed by atoms with E-state index in [1.807, 2.05) is 11.0 Å². The molecule has 5 heteroatoms. The molecular formula is C23H31N3O2. The minimum absolute atomic E-state index is 0.00222. The summed E-state index contributed by atoms with van der Waals surface area (Å²) in [6.45, 7) is 7.10. The summed E-state index contributed by atoms with van der Waals surface area (Å²) in [5, 5.41) is 4.27. The van der Waals surface area contributed by atoms with Crippen LogP contribution in [0.5, 0.6) is 0 Å². The summed E-state index contributed by atoms with van der Waals surface area (Å²) >= 11 is 0. The zero-order valence-corrected chi connectivity index (χ0v) is 16.8. The number of hydrogen-bond donors (Lipinski definition) is 0. The molecule has 0 N–H and O–H groups in total. The lowest BCUT2D eigenvalue weighted by molar-refractivity contribution is 0.0655. The number of carbonyl (C=O) groups excluding carboxylic acids is 1. The number of likely N-dealkylation sites (tertiary alicyclic amines) is 2. The lowest BCUT2D eigenvalue weighted by Gasteiger charge is -2.31. The van der Waals surface area contributed by atoms with Crippen molar-refractivity contribution >= 4 is 5.91 Å². The predicted octanol–water partition coefficient (Wildman–Crippen LogP) is 3.97. The third kappa shape index (κ3) is 4.64. The van der Waals surface area contributed by atoms with E-state index in [1.54, 1.807) is 0 Å². The summed E-state index contributed by atoms with van der Waals surface area (Å²) in [6, 6.07) is 12.5. The Labute approximate surface area is 167 Å². The monoisotopic (exact) mass is 381 g/mol. The summed E-state index contributed by atoms with van der Waals surface area (Å²) in [6.07, 6.45) is 5.50. The van der Waals surface area contributed by atoms with Crippen LogP contribution in [0.3, 0.4) is 0 Å². The fourth-order valence-electron chi connectivity index (χ4n) is 4.38. The minimum Gasteiger partial charge on any atom is -0.351 e. The first-order valence-electron chi connectivity index (χ1n) is 10.7. The maximum Gasteiger partial charge on any atom is 0.292 e. The summed E-state index contributed by atoms with van der Waals surface area (Å²) in [5.74, 6) is 1.48. The molecule has 2 saturated heterocycles. The highest BCUT2D eigenvalue weighted by atomic mass is 16.5. The van der Waals surface area contributed by atoms with Gasteiger partial charge < -0.3 is 14.3 Å². The van der Waals surface area contributed by atoms with Gasteiger partial charge in [-0.2, -0.15) is 0 Å². The first-order chi connectivity index (χ1) is 13.7. The molecule has 1 amide bonds. The number of hydrogen-bond acceptors (Lipinski definition) is 4. The Morgan fingerprint density at radius 1 is 1.14 bits per heavy atom. The highest BCUT2D eigenvalue weighted by molar-refractivity contribution is 5.91. The standard InChI is InChI=1S/C23H31N3O2/c1-18-9-14-26(15-10-18)23(27)22-16-21(24-28-22)20-8-5-12-25(17-20)13-11-19-6-3-2-4-7-19/h2-4,6-7,16,18,20H,5,8-15,17H2,1H3. The average Bonchev–Trinajstić information content (AvgIpc) is 3.24. The van der Waals surface area contributed by atoms with Gasteiger partial charge in [-0.25, -0.2) is 0 Å². The summed E-state index contributed by atoms with van der Waals surface area (Å²) < 4.78 is 5.46. The van der Waals surface area contributed by atoms with Crippen molar-refractivity contribution in [2.24, 2.45) is 5.92 Å². The van der Waals surface area contributed by atoms with Crippen molar-refractivity contribution in [3.05, 3.63) is 53.4 Å². The van der Waals surface area contributed by atoms with Crippen LogP contribution in [0, 0.1) is 5.92 Å². The van der Waals surface area contributed by atoms with Crippen LogP contribution >= 0.6 is 0 Å². The van der Waals surface area contributed by atoms with E-state index in [1.165, 1.54) is 12.0 Å². The Bertz CT molecular complexity index is 765. The van der Waals surface area contributed by atoms with Crippen molar-refractivity contribution in [1.29, 1.82) is 0 Å². The molecule has 28 heavy (non-hydrogen) atoms. The lowest BCUT2D eigenvalue weighted by Crippen LogP contribution is -2.37. The number of amides is 1. The van der Waals surface area contributed by atoms with Gasteiger partial charge in [-0.15, -0.1) is 0 Å².